The molecule has 0 unspecified atom stereocenters. The highest BCUT2D eigenvalue weighted by Crippen LogP contribution is 2.38. The number of benzene rings is 2. The minimum Gasteiger partial charge on any atom is -0.478 e. The van der Waals surface area contributed by atoms with Crippen molar-refractivity contribution in [3.8, 4) is 17.2 Å². The lowest BCUT2D eigenvalue weighted by Crippen LogP contribution is -2.18. The number of hydrogen-bond acceptors (Lipinski definition) is 3. The van der Waals surface area contributed by atoms with Crippen LogP contribution in [0.25, 0.3) is 0 Å². The van der Waals surface area contributed by atoms with Crippen molar-refractivity contribution < 1.29 is 32.5 Å². The number of hydrogen-bond donors (Lipinski definition) is 1. The van der Waals surface area contributed by atoms with Crippen molar-refractivity contribution in [1.82, 2.24) is 0 Å². The quantitative estimate of drug-likeness (QED) is 0.924. The van der Waals surface area contributed by atoms with E-state index < -0.39 is 29.4 Å². The van der Waals surface area contributed by atoms with Crippen molar-refractivity contribution in [2.75, 3.05) is 0 Å². The van der Waals surface area contributed by atoms with E-state index in [0.717, 1.165) is 18.2 Å². The van der Waals surface area contributed by atoms with Gasteiger partial charge < -0.3 is 14.6 Å². The average Bonchev–Trinajstić information content (AvgIpc) is 2.40. The van der Waals surface area contributed by atoms with Gasteiger partial charge in [0.1, 0.15) is 11.3 Å². The van der Waals surface area contributed by atoms with Gasteiger partial charge in [-0.3, -0.25) is 0 Å². The minimum atomic E-state index is -4.95. The summed E-state index contributed by atoms with van der Waals surface area (Å²) in [6.07, 6.45) is -4.95. The maximum atomic E-state index is 12.4. The maximum absolute atomic E-state index is 12.4. The smallest absolute Gasteiger partial charge is 0.478 e. The number of carboxylic acid groups (broad SMARTS) is 1. The van der Waals surface area contributed by atoms with E-state index in [4.69, 9.17) is 9.84 Å². The predicted molar refractivity (Wildman–Crippen MR) is 66.6 cm³/mol. The molecule has 1 N–H and O–H groups in total. The van der Waals surface area contributed by atoms with E-state index in [1.807, 2.05) is 0 Å². The summed E-state index contributed by atoms with van der Waals surface area (Å²) in [6, 6.07) is 11.1. The molecule has 7 heteroatoms. The number of para-hydroxylation sites is 2. The van der Waals surface area contributed by atoms with Gasteiger partial charge in [0.05, 0.1) is 0 Å². The third kappa shape index (κ3) is 3.88. The Bertz CT molecular complexity index is 638. The number of halogens is 3. The van der Waals surface area contributed by atoms with Crippen LogP contribution in [-0.2, 0) is 0 Å². The Morgan fingerprint density at radius 3 is 2.24 bits per heavy atom. The predicted octanol–water partition coefficient (Wildman–Crippen LogP) is 4.08. The summed E-state index contributed by atoms with van der Waals surface area (Å²) >= 11 is 0. The van der Waals surface area contributed by atoms with Crippen LogP contribution in [0.3, 0.4) is 0 Å². The van der Waals surface area contributed by atoms with Crippen LogP contribution >= 0.6 is 0 Å². The zero-order valence-electron chi connectivity index (χ0n) is 10.4. The number of rotatable bonds is 4. The summed E-state index contributed by atoms with van der Waals surface area (Å²) in [6.45, 7) is 0. The Balaban J connectivity index is 2.46. The van der Waals surface area contributed by atoms with Crippen molar-refractivity contribution in [2.45, 2.75) is 6.36 Å². The molecule has 0 fully saturated rings. The first-order valence-electron chi connectivity index (χ1n) is 5.72. The number of ether oxygens (including phenoxy) is 2. The van der Waals surface area contributed by atoms with Crippen molar-refractivity contribution >= 4 is 5.97 Å². The molecule has 0 bridgehead atoms. The molecular weight excluding hydrogens is 289 g/mol. The molecule has 2 aromatic carbocycles. The van der Waals surface area contributed by atoms with Crippen LogP contribution in [0.1, 0.15) is 10.4 Å². The fourth-order valence-corrected chi connectivity index (χ4v) is 1.60. The van der Waals surface area contributed by atoms with E-state index in [1.54, 1.807) is 18.2 Å². The Hall–Kier alpha value is -2.70. The molecular formula is C14H9F3O4. The van der Waals surface area contributed by atoms with Gasteiger partial charge in [0.25, 0.3) is 0 Å². The number of alkyl halides is 3. The maximum Gasteiger partial charge on any atom is 0.573 e. The second-order valence-electron chi connectivity index (χ2n) is 3.90. The van der Waals surface area contributed by atoms with Crippen molar-refractivity contribution in [3.05, 3.63) is 54.1 Å². The van der Waals surface area contributed by atoms with Crippen LogP contribution in [0.4, 0.5) is 13.2 Å². The highest BCUT2D eigenvalue weighted by molar-refractivity contribution is 5.92. The highest BCUT2D eigenvalue weighted by Gasteiger charge is 2.33. The summed E-state index contributed by atoms with van der Waals surface area (Å²) < 4.78 is 46.2. The molecule has 0 amide bonds. The topological polar surface area (TPSA) is 55.8 Å². The lowest BCUT2D eigenvalue weighted by atomic mass is 10.2. The van der Waals surface area contributed by atoms with Crippen LogP contribution in [0, 0.1) is 0 Å². The van der Waals surface area contributed by atoms with Crippen LogP contribution in [0.2, 0.25) is 0 Å². The minimum absolute atomic E-state index is 0.193. The largest absolute Gasteiger partial charge is 0.573 e. The lowest BCUT2D eigenvalue weighted by Gasteiger charge is -2.15. The van der Waals surface area contributed by atoms with Crippen LogP contribution in [0.5, 0.6) is 17.2 Å². The average molecular weight is 298 g/mol. The molecule has 21 heavy (non-hydrogen) atoms. The molecule has 4 nitrogen and oxygen atoms in total. The molecule has 0 aromatic heterocycles. The summed E-state index contributed by atoms with van der Waals surface area (Å²) in [7, 11) is 0. The SMILES string of the molecule is O=C(O)c1cccc(OC(F)(F)F)c1Oc1ccccc1. The first-order chi connectivity index (χ1) is 9.87. The zero-order valence-corrected chi connectivity index (χ0v) is 10.4. The van der Waals surface area contributed by atoms with Crippen molar-refractivity contribution in [1.29, 1.82) is 0 Å². The highest BCUT2D eigenvalue weighted by atomic mass is 19.4. The lowest BCUT2D eigenvalue weighted by molar-refractivity contribution is -0.275. The van der Waals surface area contributed by atoms with E-state index in [0.29, 0.717) is 0 Å². The van der Waals surface area contributed by atoms with Crippen molar-refractivity contribution in [3.63, 3.8) is 0 Å². The first-order valence-corrected chi connectivity index (χ1v) is 5.72. The zero-order chi connectivity index (χ0) is 15.5. The standard InChI is InChI=1S/C14H9F3O4/c15-14(16,17)21-11-8-4-7-10(13(18)19)12(11)20-9-5-2-1-3-6-9/h1-8H,(H,18,19). The van der Waals surface area contributed by atoms with E-state index >= 15 is 0 Å². The van der Waals surface area contributed by atoms with Crippen LogP contribution in [-0.4, -0.2) is 17.4 Å². The molecule has 0 aliphatic rings. The second-order valence-corrected chi connectivity index (χ2v) is 3.90. The Kier molecular flexibility index (Phi) is 4.02. The number of aromatic carboxylic acids is 1. The third-order valence-electron chi connectivity index (χ3n) is 2.40. The molecule has 2 rings (SSSR count). The third-order valence-corrected chi connectivity index (χ3v) is 2.40. The van der Waals surface area contributed by atoms with Gasteiger partial charge in [0.15, 0.2) is 11.5 Å². The molecule has 110 valence electrons. The van der Waals surface area contributed by atoms with Gasteiger partial charge in [-0.2, -0.15) is 0 Å². The van der Waals surface area contributed by atoms with Gasteiger partial charge in [0, 0.05) is 0 Å². The van der Waals surface area contributed by atoms with Gasteiger partial charge in [0.2, 0.25) is 0 Å². The summed E-state index contributed by atoms with van der Waals surface area (Å²) in [5.74, 6) is -2.45. The van der Waals surface area contributed by atoms with Crippen LogP contribution < -0.4 is 9.47 Å². The summed E-state index contributed by atoms with van der Waals surface area (Å²) in [5.41, 5.74) is -0.430. The Morgan fingerprint density at radius 2 is 1.67 bits per heavy atom. The number of carbonyl (C=O) groups is 1. The molecule has 2 aromatic rings. The van der Waals surface area contributed by atoms with Crippen molar-refractivity contribution in [2.24, 2.45) is 0 Å². The molecule has 0 atom stereocenters. The first kappa shape index (κ1) is 14.7. The fraction of sp³-hybridized carbons (Fsp3) is 0.0714. The van der Waals surface area contributed by atoms with Gasteiger partial charge in [-0.15, -0.1) is 13.2 Å². The normalized spacial score (nSPS) is 11.0. The Morgan fingerprint density at radius 1 is 1.00 bits per heavy atom. The van der Waals surface area contributed by atoms with E-state index in [2.05, 4.69) is 4.74 Å². The monoisotopic (exact) mass is 298 g/mol. The summed E-state index contributed by atoms with van der Waals surface area (Å²) in [5, 5.41) is 9.05. The molecule has 0 heterocycles. The second kappa shape index (κ2) is 5.74. The van der Waals surface area contributed by atoms with Gasteiger partial charge in [-0.25, -0.2) is 4.79 Å². The Labute approximate surface area is 117 Å². The van der Waals surface area contributed by atoms with E-state index in [9.17, 15) is 18.0 Å². The molecule has 0 aliphatic heterocycles. The van der Waals surface area contributed by atoms with E-state index in [-0.39, 0.29) is 5.75 Å². The summed E-state index contributed by atoms with van der Waals surface area (Å²) in [4.78, 5) is 11.1. The molecule has 0 saturated carbocycles. The van der Waals surface area contributed by atoms with Gasteiger partial charge in [-0.05, 0) is 24.3 Å². The van der Waals surface area contributed by atoms with E-state index in [1.165, 1.54) is 12.1 Å². The molecule has 0 radical (unpaired) electrons. The molecule has 0 saturated heterocycles. The molecule has 0 aliphatic carbocycles. The number of carboxylic acids is 1. The van der Waals surface area contributed by atoms with Gasteiger partial charge >= 0.3 is 12.3 Å². The molecule has 0 spiro atoms. The van der Waals surface area contributed by atoms with Gasteiger partial charge in [-0.1, -0.05) is 24.3 Å². The fourth-order valence-electron chi connectivity index (χ4n) is 1.60. The van der Waals surface area contributed by atoms with Crippen LogP contribution in [0.15, 0.2) is 48.5 Å².